The molecule has 0 bridgehead atoms. The van der Waals surface area contributed by atoms with Crippen molar-refractivity contribution in [1.29, 1.82) is 0 Å². The fourth-order valence-corrected chi connectivity index (χ4v) is 2.49. The van der Waals surface area contributed by atoms with Crippen LogP contribution in [-0.4, -0.2) is 42.8 Å². The van der Waals surface area contributed by atoms with Gasteiger partial charge in [-0.15, -0.1) is 0 Å². The van der Waals surface area contributed by atoms with Crippen molar-refractivity contribution in [2.75, 3.05) is 26.2 Å². The lowest BCUT2D eigenvalue weighted by Gasteiger charge is -2.29. The van der Waals surface area contributed by atoms with Gasteiger partial charge in [-0.1, -0.05) is 42.0 Å². The first-order valence-electron chi connectivity index (χ1n) is 8.34. The third-order valence-corrected chi connectivity index (χ3v) is 3.74. The average molecular weight is 316 g/mol. The Kier molecular flexibility index (Phi) is 6.22. The summed E-state index contributed by atoms with van der Waals surface area (Å²) in [6.07, 6.45) is 3.88. The van der Waals surface area contributed by atoms with E-state index in [1.54, 1.807) is 4.90 Å². The van der Waals surface area contributed by atoms with E-state index in [0.29, 0.717) is 6.54 Å². The Morgan fingerprint density at radius 3 is 2.61 bits per heavy atom. The van der Waals surface area contributed by atoms with E-state index in [0.717, 1.165) is 32.5 Å². The van der Waals surface area contributed by atoms with Gasteiger partial charge in [0.2, 0.25) is 0 Å². The van der Waals surface area contributed by atoms with Crippen LogP contribution in [0.5, 0.6) is 0 Å². The van der Waals surface area contributed by atoms with Gasteiger partial charge in [0, 0.05) is 19.6 Å². The van der Waals surface area contributed by atoms with Gasteiger partial charge in [-0.3, -0.25) is 0 Å². The molecule has 1 amide bonds. The molecule has 0 fully saturated rings. The first-order chi connectivity index (χ1) is 10.9. The van der Waals surface area contributed by atoms with Crippen molar-refractivity contribution >= 4 is 6.09 Å². The maximum atomic E-state index is 12.0. The molecule has 1 aliphatic heterocycles. The van der Waals surface area contributed by atoms with E-state index in [4.69, 9.17) is 4.74 Å². The van der Waals surface area contributed by atoms with E-state index in [9.17, 15) is 4.79 Å². The minimum atomic E-state index is -0.430. The maximum Gasteiger partial charge on any atom is 0.410 e. The van der Waals surface area contributed by atoms with Crippen LogP contribution in [0.3, 0.4) is 0 Å². The molecule has 1 aromatic carbocycles. The molecule has 1 heterocycles. The van der Waals surface area contributed by atoms with Gasteiger partial charge in [-0.05, 0) is 45.7 Å². The highest BCUT2D eigenvalue weighted by molar-refractivity contribution is 5.68. The Labute approximate surface area is 139 Å². The molecule has 4 heteroatoms. The van der Waals surface area contributed by atoms with Crippen molar-refractivity contribution in [3.05, 3.63) is 47.5 Å². The van der Waals surface area contributed by atoms with Gasteiger partial charge in [0.05, 0.1) is 0 Å². The summed E-state index contributed by atoms with van der Waals surface area (Å²) < 4.78 is 5.40. The zero-order chi connectivity index (χ0) is 16.7. The van der Waals surface area contributed by atoms with Gasteiger partial charge in [-0.25, -0.2) is 4.79 Å². The SMILES string of the molecule is CC(C)(C)OC(=O)N1CC=C(CNCCc2ccccc2)CC1. The van der Waals surface area contributed by atoms with Crippen LogP contribution < -0.4 is 5.32 Å². The zero-order valence-electron chi connectivity index (χ0n) is 14.5. The van der Waals surface area contributed by atoms with Crippen molar-refractivity contribution in [2.24, 2.45) is 0 Å². The number of hydrogen-bond acceptors (Lipinski definition) is 3. The van der Waals surface area contributed by atoms with E-state index < -0.39 is 5.60 Å². The summed E-state index contributed by atoms with van der Waals surface area (Å²) in [6, 6.07) is 10.5. The molecule has 0 aromatic heterocycles. The van der Waals surface area contributed by atoms with E-state index >= 15 is 0 Å². The van der Waals surface area contributed by atoms with Crippen LogP contribution in [0.4, 0.5) is 4.79 Å². The summed E-state index contributed by atoms with van der Waals surface area (Å²) in [4.78, 5) is 13.8. The second-order valence-corrected chi connectivity index (χ2v) is 6.95. The predicted molar refractivity (Wildman–Crippen MR) is 93.5 cm³/mol. The smallest absolute Gasteiger partial charge is 0.410 e. The van der Waals surface area contributed by atoms with Gasteiger partial charge >= 0.3 is 6.09 Å². The number of amides is 1. The number of benzene rings is 1. The molecular weight excluding hydrogens is 288 g/mol. The van der Waals surface area contributed by atoms with Gasteiger partial charge in [0.15, 0.2) is 0 Å². The van der Waals surface area contributed by atoms with Crippen molar-refractivity contribution < 1.29 is 9.53 Å². The Hall–Kier alpha value is -1.81. The number of nitrogens with one attached hydrogen (secondary N) is 1. The van der Waals surface area contributed by atoms with Gasteiger partial charge in [-0.2, -0.15) is 0 Å². The Morgan fingerprint density at radius 1 is 1.26 bits per heavy atom. The normalized spacial score (nSPS) is 15.3. The molecule has 0 saturated carbocycles. The quantitative estimate of drug-likeness (QED) is 0.669. The first kappa shape index (κ1) is 17.5. The molecule has 1 aromatic rings. The number of nitrogens with zero attached hydrogens (tertiary/aromatic N) is 1. The lowest BCUT2D eigenvalue weighted by atomic mass is 10.1. The van der Waals surface area contributed by atoms with Crippen molar-refractivity contribution in [2.45, 2.75) is 39.2 Å². The molecule has 0 aliphatic carbocycles. The Morgan fingerprint density at radius 2 is 2.00 bits per heavy atom. The minimum Gasteiger partial charge on any atom is -0.444 e. The molecule has 0 spiro atoms. The second-order valence-electron chi connectivity index (χ2n) is 6.95. The third-order valence-electron chi connectivity index (χ3n) is 3.74. The van der Waals surface area contributed by atoms with Crippen LogP contribution in [0.25, 0.3) is 0 Å². The predicted octanol–water partition coefficient (Wildman–Crippen LogP) is 3.39. The third kappa shape index (κ3) is 6.45. The van der Waals surface area contributed by atoms with Crippen LogP contribution in [0, 0.1) is 0 Å². The number of carbonyl (C=O) groups excluding carboxylic acids is 1. The van der Waals surface area contributed by atoms with Crippen LogP contribution in [0.15, 0.2) is 42.0 Å². The molecule has 2 rings (SSSR count). The molecule has 0 atom stereocenters. The fourth-order valence-electron chi connectivity index (χ4n) is 2.49. The highest BCUT2D eigenvalue weighted by Crippen LogP contribution is 2.15. The Bertz CT molecular complexity index is 532. The molecule has 0 unspecified atom stereocenters. The molecule has 1 N–H and O–H groups in total. The average Bonchev–Trinajstić information content (AvgIpc) is 2.51. The molecular formula is C19H28N2O2. The zero-order valence-corrected chi connectivity index (χ0v) is 14.5. The largest absolute Gasteiger partial charge is 0.444 e. The van der Waals surface area contributed by atoms with Crippen LogP contribution in [0.2, 0.25) is 0 Å². The first-order valence-corrected chi connectivity index (χ1v) is 8.34. The summed E-state index contributed by atoms with van der Waals surface area (Å²) in [6.45, 7) is 8.93. The van der Waals surface area contributed by atoms with Crippen LogP contribution in [0.1, 0.15) is 32.8 Å². The molecule has 23 heavy (non-hydrogen) atoms. The molecule has 126 valence electrons. The summed E-state index contributed by atoms with van der Waals surface area (Å²) in [5.74, 6) is 0. The molecule has 1 aliphatic rings. The van der Waals surface area contributed by atoms with E-state index in [1.165, 1.54) is 11.1 Å². The highest BCUT2D eigenvalue weighted by Gasteiger charge is 2.23. The standard InChI is InChI=1S/C19H28N2O2/c1-19(2,3)23-18(22)21-13-10-17(11-14-21)15-20-12-9-16-7-5-4-6-8-16/h4-8,10,20H,9,11-15H2,1-3H3. The monoisotopic (exact) mass is 316 g/mol. The number of rotatable bonds is 5. The van der Waals surface area contributed by atoms with Crippen molar-refractivity contribution in [3.8, 4) is 0 Å². The van der Waals surface area contributed by atoms with Crippen molar-refractivity contribution in [3.63, 3.8) is 0 Å². The summed E-state index contributed by atoms with van der Waals surface area (Å²) in [5, 5.41) is 3.48. The number of carbonyl (C=O) groups is 1. The maximum absolute atomic E-state index is 12.0. The lowest BCUT2D eigenvalue weighted by Crippen LogP contribution is -2.40. The van der Waals surface area contributed by atoms with E-state index in [-0.39, 0.29) is 6.09 Å². The van der Waals surface area contributed by atoms with Gasteiger partial charge in [0.1, 0.15) is 5.60 Å². The summed E-state index contributed by atoms with van der Waals surface area (Å²) >= 11 is 0. The number of ether oxygens (including phenoxy) is 1. The molecule has 0 radical (unpaired) electrons. The van der Waals surface area contributed by atoms with Gasteiger partial charge in [0.25, 0.3) is 0 Å². The fraction of sp³-hybridized carbons (Fsp3) is 0.526. The number of hydrogen-bond donors (Lipinski definition) is 1. The van der Waals surface area contributed by atoms with E-state index in [2.05, 4.69) is 35.7 Å². The van der Waals surface area contributed by atoms with Crippen molar-refractivity contribution in [1.82, 2.24) is 10.2 Å². The van der Waals surface area contributed by atoms with E-state index in [1.807, 2.05) is 26.8 Å². The summed E-state index contributed by atoms with van der Waals surface area (Å²) in [7, 11) is 0. The lowest BCUT2D eigenvalue weighted by molar-refractivity contribution is 0.0265. The van der Waals surface area contributed by atoms with Crippen LogP contribution >= 0.6 is 0 Å². The van der Waals surface area contributed by atoms with Gasteiger partial charge < -0.3 is 15.0 Å². The topological polar surface area (TPSA) is 41.6 Å². The minimum absolute atomic E-state index is 0.218. The Balaban J connectivity index is 1.67. The van der Waals surface area contributed by atoms with Crippen LogP contribution in [-0.2, 0) is 11.2 Å². The summed E-state index contributed by atoms with van der Waals surface area (Å²) in [5.41, 5.74) is 2.30. The molecule has 4 nitrogen and oxygen atoms in total. The highest BCUT2D eigenvalue weighted by atomic mass is 16.6. The second kappa shape index (κ2) is 8.16. The molecule has 0 saturated heterocycles.